The number of carbonyl (C=O) groups is 1. The van der Waals surface area contributed by atoms with Crippen LogP contribution in [0.3, 0.4) is 0 Å². The van der Waals surface area contributed by atoms with E-state index in [2.05, 4.69) is 5.32 Å². The SMILES string of the molecule is CSc1ccc(NC(=O)CC(C)(O)c2ccccc2)cc1. The minimum Gasteiger partial charge on any atom is -0.385 e. The van der Waals surface area contributed by atoms with Crippen molar-refractivity contribution in [2.45, 2.75) is 23.8 Å². The van der Waals surface area contributed by atoms with Crippen LogP contribution in [-0.2, 0) is 10.4 Å². The molecule has 0 aromatic heterocycles. The predicted octanol–water partition coefficient (Wildman–Crippen LogP) is 3.64. The van der Waals surface area contributed by atoms with Gasteiger partial charge < -0.3 is 10.4 Å². The molecule has 21 heavy (non-hydrogen) atoms. The molecule has 0 fully saturated rings. The average Bonchev–Trinajstić information content (AvgIpc) is 2.48. The molecule has 1 unspecified atom stereocenters. The number of benzene rings is 2. The Bertz CT molecular complexity index is 594. The van der Waals surface area contributed by atoms with Crippen molar-refractivity contribution in [3.63, 3.8) is 0 Å². The minimum atomic E-state index is -1.18. The summed E-state index contributed by atoms with van der Waals surface area (Å²) in [7, 11) is 0. The second kappa shape index (κ2) is 6.78. The summed E-state index contributed by atoms with van der Waals surface area (Å²) in [6.45, 7) is 1.65. The van der Waals surface area contributed by atoms with E-state index in [1.807, 2.05) is 60.9 Å². The lowest BCUT2D eigenvalue weighted by atomic mass is 9.92. The molecule has 2 N–H and O–H groups in total. The highest BCUT2D eigenvalue weighted by atomic mass is 32.2. The summed E-state index contributed by atoms with van der Waals surface area (Å²) in [6.07, 6.45) is 2.02. The van der Waals surface area contributed by atoms with E-state index in [4.69, 9.17) is 0 Å². The molecule has 2 aromatic rings. The largest absolute Gasteiger partial charge is 0.385 e. The summed E-state index contributed by atoms with van der Waals surface area (Å²) in [4.78, 5) is 13.2. The van der Waals surface area contributed by atoms with Gasteiger partial charge in [-0.05, 0) is 43.0 Å². The summed E-state index contributed by atoms with van der Waals surface area (Å²) in [5, 5.41) is 13.3. The second-order valence-electron chi connectivity index (χ2n) is 5.09. The number of thioether (sulfide) groups is 1. The Kier molecular flexibility index (Phi) is 5.04. The molecule has 2 aromatic carbocycles. The van der Waals surface area contributed by atoms with E-state index in [-0.39, 0.29) is 12.3 Å². The molecule has 4 heteroatoms. The fraction of sp³-hybridized carbons (Fsp3) is 0.235. The van der Waals surface area contributed by atoms with Gasteiger partial charge in [-0.25, -0.2) is 0 Å². The number of carbonyl (C=O) groups excluding carboxylic acids is 1. The number of hydrogen-bond donors (Lipinski definition) is 2. The molecule has 0 heterocycles. The first-order valence-electron chi connectivity index (χ1n) is 6.73. The minimum absolute atomic E-state index is 0.0152. The first-order valence-corrected chi connectivity index (χ1v) is 7.95. The zero-order valence-corrected chi connectivity index (χ0v) is 13.0. The van der Waals surface area contributed by atoms with Gasteiger partial charge in [-0.1, -0.05) is 30.3 Å². The van der Waals surface area contributed by atoms with Gasteiger partial charge in [0.2, 0.25) is 5.91 Å². The Morgan fingerprint density at radius 2 is 1.76 bits per heavy atom. The molecule has 0 spiro atoms. The van der Waals surface area contributed by atoms with Gasteiger partial charge in [-0.2, -0.15) is 0 Å². The van der Waals surface area contributed by atoms with Crippen LogP contribution in [-0.4, -0.2) is 17.3 Å². The van der Waals surface area contributed by atoms with Crippen molar-refractivity contribution in [2.24, 2.45) is 0 Å². The van der Waals surface area contributed by atoms with E-state index in [1.54, 1.807) is 18.7 Å². The van der Waals surface area contributed by atoms with Crippen LogP contribution in [0.1, 0.15) is 18.9 Å². The average molecular weight is 301 g/mol. The summed E-state index contributed by atoms with van der Waals surface area (Å²) >= 11 is 1.65. The summed E-state index contributed by atoms with van der Waals surface area (Å²) in [5.74, 6) is -0.208. The summed E-state index contributed by atoms with van der Waals surface area (Å²) in [6, 6.07) is 16.9. The molecule has 110 valence electrons. The van der Waals surface area contributed by atoms with Gasteiger partial charge in [0.05, 0.1) is 12.0 Å². The first kappa shape index (κ1) is 15.6. The highest BCUT2D eigenvalue weighted by molar-refractivity contribution is 7.98. The van der Waals surface area contributed by atoms with Crippen LogP contribution in [0.5, 0.6) is 0 Å². The fourth-order valence-corrected chi connectivity index (χ4v) is 2.50. The maximum Gasteiger partial charge on any atom is 0.227 e. The molecule has 0 radical (unpaired) electrons. The first-order chi connectivity index (χ1) is 10.0. The Labute approximate surface area is 129 Å². The standard InChI is InChI=1S/C17H19NO2S/c1-17(20,13-6-4-3-5-7-13)12-16(19)18-14-8-10-15(21-2)11-9-14/h3-11,20H,12H2,1-2H3,(H,18,19). The van der Waals surface area contributed by atoms with Gasteiger partial charge in [0.25, 0.3) is 0 Å². The Hall–Kier alpha value is -1.78. The number of aliphatic hydroxyl groups is 1. The third-order valence-electron chi connectivity index (χ3n) is 3.27. The monoisotopic (exact) mass is 301 g/mol. The lowest BCUT2D eigenvalue weighted by molar-refractivity contribution is -0.120. The molecule has 2 rings (SSSR count). The number of nitrogens with one attached hydrogen (secondary N) is 1. The van der Waals surface area contributed by atoms with Gasteiger partial charge in [0, 0.05) is 10.6 Å². The van der Waals surface area contributed by atoms with E-state index in [9.17, 15) is 9.90 Å². The van der Waals surface area contributed by atoms with Crippen molar-refractivity contribution in [2.75, 3.05) is 11.6 Å². The van der Waals surface area contributed by atoms with Crippen molar-refractivity contribution in [1.29, 1.82) is 0 Å². The van der Waals surface area contributed by atoms with Crippen molar-refractivity contribution in [3.8, 4) is 0 Å². The second-order valence-corrected chi connectivity index (χ2v) is 5.97. The fourth-order valence-electron chi connectivity index (χ4n) is 2.09. The van der Waals surface area contributed by atoms with E-state index in [0.717, 1.165) is 16.1 Å². The van der Waals surface area contributed by atoms with Crippen LogP contribution in [0.4, 0.5) is 5.69 Å². The molecule has 0 saturated heterocycles. The number of hydrogen-bond acceptors (Lipinski definition) is 3. The van der Waals surface area contributed by atoms with Gasteiger partial charge in [-0.3, -0.25) is 4.79 Å². The third kappa shape index (κ3) is 4.34. The summed E-state index contributed by atoms with van der Waals surface area (Å²) < 4.78 is 0. The summed E-state index contributed by atoms with van der Waals surface area (Å²) in [5.41, 5.74) is 0.296. The molecule has 1 atom stereocenters. The van der Waals surface area contributed by atoms with Crippen molar-refractivity contribution in [1.82, 2.24) is 0 Å². The molecule has 3 nitrogen and oxygen atoms in total. The lowest BCUT2D eigenvalue weighted by Crippen LogP contribution is -2.28. The van der Waals surface area contributed by atoms with Gasteiger partial charge >= 0.3 is 0 Å². The Morgan fingerprint density at radius 3 is 2.33 bits per heavy atom. The molecule has 0 aliphatic rings. The van der Waals surface area contributed by atoms with Crippen molar-refractivity contribution >= 4 is 23.4 Å². The van der Waals surface area contributed by atoms with E-state index >= 15 is 0 Å². The molecule has 0 aliphatic carbocycles. The van der Waals surface area contributed by atoms with Crippen molar-refractivity contribution < 1.29 is 9.90 Å². The molecular formula is C17H19NO2S. The molecule has 0 saturated carbocycles. The quantitative estimate of drug-likeness (QED) is 0.829. The van der Waals surface area contributed by atoms with Gasteiger partial charge in [-0.15, -0.1) is 11.8 Å². The lowest BCUT2D eigenvalue weighted by Gasteiger charge is -2.23. The van der Waals surface area contributed by atoms with Gasteiger partial charge in [0.1, 0.15) is 0 Å². The zero-order valence-electron chi connectivity index (χ0n) is 12.2. The van der Waals surface area contributed by atoms with E-state index < -0.39 is 5.60 Å². The van der Waals surface area contributed by atoms with E-state index in [1.165, 1.54) is 0 Å². The predicted molar refractivity (Wildman–Crippen MR) is 87.5 cm³/mol. The molecule has 1 amide bonds. The zero-order chi connectivity index (χ0) is 15.3. The molecular weight excluding hydrogens is 282 g/mol. The van der Waals surface area contributed by atoms with Crippen molar-refractivity contribution in [3.05, 3.63) is 60.2 Å². The number of anilines is 1. The topological polar surface area (TPSA) is 49.3 Å². The van der Waals surface area contributed by atoms with E-state index in [0.29, 0.717) is 0 Å². The Morgan fingerprint density at radius 1 is 1.14 bits per heavy atom. The maximum absolute atomic E-state index is 12.1. The highest BCUT2D eigenvalue weighted by Crippen LogP contribution is 2.25. The Balaban J connectivity index is 2.00. The van der Waals surface area contributed by atoms with Crippen LogP contribution in [0, 0.1) is 0 Å². The normalized spacial score (nSPS) is 13.5. The smallest absolute Gasteiger partial charge is 0.227 e. The van der Waals surface area contributed by atoms with Crippen LogP contribution in [0.2, 0.25) is 0 Å². The van der Waals surface area contributed by atoms with Crippen LogP contribution < -0.4 is 5.32 Å². The van der Waals surface area contributed by atoms with Crippen LogP contribution in [0.25, 0.3) is 0 Å². The maximum atomic E-state index is 12.1. The third-order valence-corrected chi connectivity index (χ3v) is 4.02. The number of amides is 1. The molecule has 0 aliphatic heterocycles. The number of rotatable bonds is 5. The van der Waals surface area contributed by atoms with Gasteiger partial charge in [0.15, 0.2) is 0 Å². The molecule has 0 bridgehead atoms. The van der Waals surface area contributed by atoms with Crippen LogP contribution in [0.15, 0.2) is 59.5 Å². The highest BCUT2D eigenvalue weighted by Gasteiger charge is 2.26. The van der Waals surface area contributed by atoms with Crippen LogP contribution >= 0.6 is 11.8 Å².